The molecule has 0 aromatic heterocycles. The summed E-state index contributed by atoms with van der Waals surface area (Å²) in [5, 5.41) is 12.5. The van der Waals surface area contributed by atoms with Crippen LogP contribution in [0.5, 0.6) is 0 Å². The second-order valence-corrected chi connectivity index (χ2v) is 9.47. The Hall–Kier alpha value is -4.27. The number of aryl methyl sites for hydroxylation is 1. The Morgan fingerprint density at radius 2 is 1.64 bits per heavy atom. The molecule has 0 radical (unpaired) electrons. The number of carbonyl (C=O) groups is 3. The van der Waals surface area contributed by atoms with E-state index in [9.17, 15) is 19.6 Å². The Labute approximate surface area is 229 Å². The number of nitrogens with one attached hydrogen (secondary N) is 3. The Balaban J connectivity index is 2.11. The van der Waals surface area contributed by atoms with Crippen molar-refractivity contribution in [1.29, 1.82) is 0 Å². The minimum absolute atomic E-state index is 0.153. The molecular weight excluding hydrogens is 492 g/mol. The number of rotatable bonds is 12. The van der Waals surface area contributed by atoms with Crippen LogP contribution in [-0.4, -0.2) is 22.9 Å². The molecule has 3 aromatic rings. The summed E-state index contributed by atoms with van der Waals surface area (Å²) in [5.41, 5.74) is 5.73. The lowest BCUT2D eigenvalue weighted by Gasteiger charge is -2.34. The first-order valence-electron chi connectivity index (χ1n) is 13.0. The summed E-state index contributed by atoms with van der Waals surface area (Å²) in [6.07, 6.45) is 4.58. The number of hydrogen-bond donors (Lipinski definition) is 5. The summed E-state index contributed by atoms with van der Waals surface area (Å²) in [6, 6.07) is 24.3. The maximum Gasteiger partial charge on any atom is 0.254 e. The summed E-state index contributed by atoms with van der Waals surface area (Å²) < 4.78 is 0. The topological polar surface area (TPSA) is 134 Å². The van der Waals surface area contributed by atoms with Crippen molar-refractivity contribution in [2.24, 2.45) is 5.84 Å². The van der Waals surface area contributed by atoms with Gasteiger partial charge in [0.15, 0.2) is 5.41 Å². The van der Waals surface area contributed by atoms with E-state index in [0.717, 1.165) is 16.7 Å². The second kappa shape index (κ2) is 14.0. The van der Waals surface area contributed by atoms with Crippen LogP contribution in [0.4, 0.5) is 0 Å². The third-order valence-corrected chi connectivity index (χ3v) is 6.78. The van der Waals surface area contributed by atoms with E-state index in [4.69, 9.17) is 5.84 Å². The van der Waals surface area contributed by atoms with Crippen LogP contribution >= 0.6 is 0 Å². The van der Waals surface area contributed by atoms with E-state index in [-0.39, 0.29) is 19.4 Å². The third-order valence-electron chi connectivity index (χ3n) is 6.78. The average molecular weight is 529 g/mol. The van der Waals surface area contributed by atoms with Crippen molar-refractivity contribution in [3.8, 4) is 0 Å². The number of allylic oxidation sites excluding steroid dienone is 1. The van der Waals surface area contributed by atoms with Crippen LogP contribution in [0, 0.1) is 6.92 Å². The summed E-state index contributed by atoms with van der Waals surface area (Å²) >= 11 is 0. The molecule has 8 heteroatoms. The molecule has 0 aliphatic heterocycles. The standard InChI is InChI=1S/C31H36N4O4/c1-3-19-31(30(38)34-32,29(37)33-21-24-13-8-5-9-14-24)27-18-17-22(2)20-26(27)25(28(36)35-39)16-10-15-23-11-6-4-7-12-23/h4-15,17-18,20,25,39H,3,16,19,21,32H2,1-2H3,(H,33,37)(H,34,38)(H,35,36)/b15-10+/t25-,31+/m0/s1. The molecule has 0 bridgehead atoms. The number of nitrogens with two attached hydrogens (primary N) is 1. The van der Waals surface area contributed by atoms with Gasteiger partial charge in [-0.2, -0.15) is 0 Å². The Kier molecular flexibility index (Phi) is 10.5. The van der Waals surface area contributed by atoms with E-state index in [0.29, 0.717) is 17.5 Å². The highest BCUT2D eigenvalue weighted by Crippen LogP contribution is 2.38. The summed E-state index contributed by atoms with van der Waals surface area (Å²) in [7, 11) is 0. The fourth-order valence-corrected chi connectivity index (χ4v) is 4.85. The van der Waals surface area contributed by atoms with Crippen LogP contribution in [0.15, 0.2) is 84.9 Å². The highest BCUT2D eigenvalue weighted by Gasteiger charge is 2.48. The molecule has 39 heavy (non-hydrogen) atoms. The molecule has 0 fully saturated rings. The number of hydroxylamine groups is 1. The second-order valence-electron chi connectivity index (χ2n) is 9.47. The van der Waals surface area contributed by atoms with E-state index in [1.165, 1.54) is 0 Å². The predicted molar refractivity (Wildman–Crippen MR) is 151 cm³/mol. The molecule has 3 rings (SSSR count). The van der Waals surface area contributed by atoms with E-state index in [2.05, 4.69) is 10.7 Å². The highest BCUT2D eigenvalue weighted by atomic mass is 16.5. The average Bonchev–Trinajstić information content (AvgIpc) is 2.97. The van der Waals surface area contributed by atoms with Gasteiger partial charge in [-0.25, -0.2) is 11.3 Å². The summed E-state index contributed by atoms with van der Waals surface area (Å²) in [4.78, 5) is 40.5. The fourth-order valence-electron chi connectivity index (χ4n) is 4.85. The van der Waals surface area contributed by atoms with Gasteiger partial charge in [-0.3, -0.25) is 25.0 Å². The molecule has 0 saturated carbocycles. The van der Waals surface area contributed by atoms with Gasteiger partial charge in [0.1, 0.15) is 0 Å². The van der Waals surface area contributed by atoms with Gasteiger partial charge in [0.25, 0.3) is 11.8 Å². The van der Waals surface area contributed by atoms with Gasteiger partial charge in [-0.1, -0.05) is 110 Å². The molecule has 0 unspecified atom stereocenters. The van der Waals surface area contributed by atoms with Crippen molar-refractivity contribution >= 4 is 23.8 Å². The zero-order valence-corrected chi connectivity index (χ0v) is 22.3. The first-order valence-corrected chi connectivity index (χ1v) is 13.0. The Bertz CT molecular complexity index is 1290. The molecule has 0 aliphatic rings. The van der Waals surface area contributed by atoms with Crippen LogP contribution in [0.25, 0.3) is 6.08 Å². The Morgan fingerprint density at radius 3 is 2.26 bits per heavy atom. The maximum atomic E-state index is 13.9. The maximum absolute atomic E-state index is 13.9. The quantitative estimate of drug-likeness (QED) is 0.0796. The van der Waals surface area contributed by atoms with Gasteiger partial charge < -0.3 is 5.32 Å². The van der Waals surface area contributed by atoms with Gasteiger partial charge >= 0.3 is 0 Å². The van der Waals surface area contributed by atoms with Gasteiger partial charge in [0.05, 0.1) is 5.92 Å². The zero-order valence-electron chi connectivity index (χ0n) is 22.3. The lowest BCUT2D eigenvalue weighted by molar-refractivity contribution is -0.139. The van der Waals surface area contributed by atoms with E-state index in [1.54, 1.807) is 23.7 Å². The first-order chi connectivity index (χ1) is 18.9. The largest absolute Gasteiger partial charge is 0.351 e. The van der Waals surface area contributed by atoms with Crippen LogP contribution in [0.2, 0.25) is 0 Å². The van der Waals surface area contributed by atoms with Gasteiger partial charge in [0, 0.05) is 6.54 Å². The van der Waals surface area contributed by atoms with E-state index in [1.807, 2.05) is 86.7 Å². The lowest BCUT2D eigenvalue weighted by Crippen LogP contribution is -2.56. The minimum Gasteiger partial charge on any atom is -0.351 e. The molecule has 6 N–H and O–H groups in total. The van der Waals surface area contributed by atoms with Crippen molar-refractivity contribution in [2.75, 3.05) is 0 Å². The fraction of sp³-hybridized carbons (Fsp3) is 0.258. The van der Waals surface area contributed by atoms with Crippen LogP contribution in [-0.2, 0) is 26.3 Å². The smallest absolute Gasteiger partial charge is 0.254 e. The minimum atomic E-state index is -1.71. The zero-order chi connectivity index (χ0) is 28.3. The third kappa shape index (κ3) is 6.98. The van der Waals surface area contributed by atoms with E-state index < -0.39 is 29.1 Å². The number of benzene rings is 3. The molecule has 3 aromatic carbocycles. The molecule has 2 atom stereocenters. The van der Waals surface area contributed by atoms with Crippen LogP contribution < -0.4 is 22.1 Å². The van der Waals surface area contributed by atoms with Crippen molar-refractivity contribution in [1.82, 2.24) is 16.2 Å². The predicted octanol–water partition coefficient (Wildman–Crippen LogP) is 4.03. The van der Waals surface area contributed by atoms with Crippen molar-refractivity contribution in [2.45, 2.75) is 51.0 Å². The van der Waals surface area contributed by atoms with Gasteiger partial charge in [-0.05, 0) is 42.0 Å². The lowest BCUT2D eigenvalue weighted by atomic mass is 9.70. The molecule has 204 valence electrons. The Morgan fingerprint density at radius 1 is 0.974 bits per heavy atom. The monoisotopic (exact) mass is 528 g/mol. The molecule has 3 amide bonds. The first kappa shape index (κ1) is 29.3. The molecule has 0 spiro atoms. The molecule has 8 nitrogen and oxygen atoms in total. The van der Waals surface area contributed by atoms with Gasteiger partial charge in [0.2, 0.25) is 5.91 Å². The molecule has 0 heterocycles. The van der Waals surface area contributed by atoms with Crippen molar-refractivity contribution < 1.29 is 19.6 Å². The summed E-state index contributed by atoms with van der Waals surface area (Å²) in [5.74, 6) is 2.91. The molecular formula is C31H36N4O4. The highest BCUT2D eigenvalue weighted by molar-refractivity contribution is 6.11. The number of hydrazine groups is 1. The number of carbonyl (C=O) groups excluding carboxylic acids is 3. The SMILES string of the molecule is CCC[C@](C(=O)NN)(C(=O)NCc1ccccc1)c1ccc(C)cc1[C@H](C/C=C/c1ccccc1)C(=O)NO. The van der Waals surface area contributed by atoms with Crippen LogP contribution in [0.3, 0.4) is 0 Å². The van der Waals surface area contributed by atoms with Crippen LogP contribution in [0.1, 0.15) is 59.9 Å². The molecule has 0 saturated heterocycles. The molecule has 0 aliphatic carbocycles. The van der Waals surface area contributed by atoms with Crippen molar-refractivity contribution in [3.63, 3.8) is 0 Å². The number of amides is 3. The number of hydrogen-bond acceptors (Lipinski definition) is 5. The van der Waals surface area contributed by atoms with E-state index >= 15 is 0 Å². The summed E-state index contributed by atoms with van der Waals surface area (Å²) in [6.45, 7) is 3.95. The van der Waals surface area contributed by atoms with Gasteiger partial charge in [-0.15, -0.1) is 0 Å². The van der Waals surface area contributed by atoms with Crippen molar-refractivity contribution in [3.05, 3.63) is 113 Å². The normalized spacial score (nSPS) is 13.3.